The van der Waals surface area contributed by atoms with Gasteiger partial charge in [0.2, 0.25) is 11.8 Å². The number of hydrogen-bond donors (Lipinski definition) is 1. The summed E-state index contributed by atoms with van der Waals surface area (Å²) >= 11 is 1.50. The van der Waals surface area contributed by atoms with Crippen molar-refractivity contribution in [1.29, 1.82) is 0 Å². The van der Waals surface area contributed by atoms with E-state index in [9.17, 15) is 9.59 Å². The fourth-order valence-electron chi connectivity index (χ4n) is 2.86. The van der Waals surface area contributed by atoms with Gasteiger partial charge in [-0.1, -0.05) is 30.3 Å². The topological polar surface area (TPSA) is 58.6 Å². The molecule has 1 aliphatic rings. The van der Waals surface area contributed by atoms with Crippen LogP contribution in [0.2, 0.25) is 0 Å². The normalized spacial score (nSPS) is 15.2. The largest absolute Gasteiger partial charge is 0.493 e. The van der Waals surface area contributed by atoms with Gasteiger partial charge in [0.1, 0.15) is 11.3 Å². The highest BCUT2D eigenvalue weighted by Gasteiger charge is 2.43. The van der Waals surface area contributed by atoms with E-state index >= 15 is 0 Å². The first-order valence-electron chi connectivity index (χ1n) is 8.49. The van der Waals surface area contributed by atoms with Crippen LogP contribution >= 0.6 is 11.8 Å². The maximum Gasteiger partial charge on any atom is 0.250 e. The zero-order valence-electron chi connectivity index (χ0n) is 14.9. The van der Waals surface area contributed by atoms with Crippen LogP contribution in [0.1, 0.15) is 13.8 Å². The molecule has 2 aromatic carbocycles. The van der Waals surface area contributed by atoms with Crippen LogP contribution in [0.3, 0.4) is 0 Å². The van der Waals surface area contributed by atoms with Crippen LogP contribution in [-0.4, -0.2) is 35.5 Å². The summed E-state index contributed by atoms with van der Waals surface area (Å²) in [6, 6.07) is 17.0. The van der Waals surface area contributed by atoms with Crippen molar-refractivity contribution in [2.24, 2.45) is 0 Å². The Morgan fingerprint density at radius 3 is 2.58 bits per heavy atom. The number of rotatable bonds is 6. The number of carbonyl (C=O) groups excluding carboxylic acids is 2. The first-order chi connectivity index (χ1) is 12.5. The van der Waals surface area contributed by atoms with E-state index in [1.165, 1.54) is 11.8 Å². The number of thioether (sulfide) groups is 1. The lowest BCUT2D eigenvalue weighted by Crippen LogP contribution is -2.59. The number of amides is 2. The summed E-state index contributed by atoms with van der Waals surface area (Å²) in [6.45, 7) is 4.06. The lowest BCUT2D eigenvalue weighted by Gasteiger charge is -2.42. The Hall–Kier alpha value is -2.47. The summed E-state index contributed by atoms with van der Waals surface area (Å²) < 4.78 is 5.64. The third-order valence-electron chi connectivity index (χ3n) is 4.22. The molecule has 0 saturated heterocycles. The fourth-order valence-corrected chi connectivity index (χ4v) is 3.51. The molecule has 6 heteroatoms. The smallest absolute Gasteiger partial charge is 0.250 e. The van der Waals surface area contributed by atoms with Gasteiger partial charge in [0.25, 0.3) is 0 Å². The van der Waals surface area contributed by atoms with Crippen LogP contribution in [0.4, 0.5) is 11.4 Å². The molecular formula is C20H22N2O3S. The molecule has 0 spiro atoms. The standard InChI is InChI=1S/C20H22N2O3S/c1-20(2)19(24)21-16-10-6-7-11-17(16)22(20)18(23)14-26-13-12-25-15-8-4-3-5-9-15/h3-11H,12-14H2,1-2H3,(H,21,24). The van der Waals surface area contributed by atoms with Gasteiger partial charge in [0, 0.05) is 5.75 Å². The summed E-state index contributed by atoms with van der Waals surface area (Å²) in [7, 11) is 0. The van der Waals surface area contributed by atoms with Gasteiger partial charge >= 0.3 is 0 Å². The number of benzene rings is 2. The number of nitrogens with one attached hydrogen (secondary N) is 1. The summed E-state index contributed by atoms with van der Waals surface area (Å²) in [5.41, 5.74) is 0.484. The second-order valence-corrected chi connectivity index (χ2v) is 7.58. The molecule has 0 saturated carbocycles. The van der Waals surface area contributed by atoms with Gasteiger partial charge in [-0.3, -0.25) is 14.5 Å². The molecule has 0 atom stereocenters. The minimum atomic E-state index is -0.924. The molecule has 136 valence electrons. The zero-order valence-corrected chi connectivity index (χ0v) is 15.7. The molecule has 3 rings (SSSR count). The number of hydrogen-bond acceptors (Lipinski definition) is 4. The Labute approximate surface area is 157 Å². The van der Waals surface area contributed by atoms with Crippen molar-refractivity contribution in [1.82, 2.24) is 0 Å². The van der Waals surface area contributed by atoms with E-state index in [4.69, 9.17) is 4.74 Å². The van der Waals surface area contributed by atoms with Gasteiger partial charge in [0.05, 0.1) is 23.7 Å². The first-order valence-corrected chi connectivity index (χ1v) is 9.65. The Morgan fingerprint density at radius 2 is 1.81 bits per heavy atom. The lowest BCUT2D eigenvalue weighted by atomic mass is 9.96. The van der Waals surface area contributed by atoms with Crippen LogP contribution in [0.25, 0.3) is 0 Å². The van der Waals surface area contributed by atoms with Crippen molar-refractivity contribution in [3.63, 3.8) is 0 Å². The van der Waals surface area contributed by atoms with E-state index in [1.54, 1.807) is 18.7 Å². The van der Waals surface area contributed by atoms with E-state index in [0.29, 0.717) is 23.8 Å². The van der Waals surface area contributed by atoms with Gasteiger partial charge in [-0.25, -0.2) is 0 Å². The molecule has 1 aliphatic heterocycles. The molecule has 0 radical (unpaired) electrons. The monoisotopic (exact) mass is 370 g/mol. The lowest BCUT2D eigenvalue weighted by molar-refractivity contribution is -0.125. The first kappa shape index (κ1) is 18.3. The van der Waals surface area contributed by atoms with E-state index in [-0.39, 0.29) is 11.8 Å². The predicted molar refractivity (Wildman–Crippen MR) is 106 cm³/mol. The van der Waals surface area contributed by atoms with Crippen molar-refractivity contribution < 1.29 is 14.3 Å². The second kappa shape index (κ2) is 7.83. The fraction of sp³-hybridized carbons (Fsp3) is 0.300. The van der Waals surface area contributed by atoms with E-state index in [0.717, 1.165) is 11.4 Å². The highest BCUT2D eigenvalue weighted by molar-refractivity contribution is 7.99. The number of carbonyl (C=O) groups is 2. The van der Waals surface area contributed by atoms with Gasteiger partial charge in [-0.05, 0) is 38.1 Å². The second-order valence-electron chi connectivity index (χ2n) is 6.47. The molecule has 2 amide bonds. The number of para-hydroxylation sites is 3. The van der Waals surface area contributed by atoms with E-state index < -0.39 is 5.54 Å². The van der Waals surface area contributed by atoms with Crippen LogP contribution in [0, 0.1) is 0 Å². The Balaban J connectivity index is 1.59. The summed E-state index contributed by atoms with van der Waals surface area (Å²) in [4.78, 5) is 26.8. The minimum Gasteiger partial charge on any atom is -0.493 e. The number of nitrogens with zero attached hydrogens (tertiary/aromatic N) is 1. The molecule has 0 bridgehead atoms. The highest BCUT2D eigenvalue weighted by atomic mass is 32.2. The van der Waals surface area contributed by atoms with Gasteiger partial charge in [0.15, 0.2) is 0 Å². The molecule has 0 aliphatic carbocycles. The van der Waals surface area contributed by atoms with Crippen LogP contribution in [0.5, 0.6) is 5.75 Å². The van der Waals surface area contributed by atoms with Crippen molar-refractivity contribution in [2.45, 2.75) is 19.4 Å². The third-order valence-corrected chi connectivity index (χ3v) is 5.13. The Kier molecular flexibility index (Phi) is 5.52. The summed E-state index contributed by atoms with van der Waals surface area (Å²) in [5.74, 6) is 1.55. The predicted octanol–water partition coefficient (Wildman–Crippen LogP) is 3.56. The van der Waals surface area contributed by atoms with Crippen molar-refractivity contribution in [2.75, 3.05) is 28.3 Å². The average molecular weight is 370 g/mol. The Morgan fingerprint density at radius 1 is 1.12 bits per heavy atom. The maximum absolute atomic E-state index is 12.8. The third kappa shape index (κ3) is 3.85. The van der Waals surface area contributed by atoms with E-state index in [1.807, 2.05) is 54.6 Å². The number of anilines is 2. The molecule has 2 aromatic rings. The summed E-state index contributed by atoms with van der Waals surface area (Å²) in [6.07, 6.45) is 0. The minimum absolute atomic E-state index is 0.0815. The molecule has 5 nitrogen and oxygen atoms in total. The SMILES string of the molecule is CC1(C)C(=O)Nc2ccccc2N1C(=O)CSCCOc1ccccc1. The molecule has 26 heavy (non-hydrogen) atoms. The van der Waals surface area contributed by atoms with Gasteiger partial charge in [-0.2, -0.15) is 0 Å². The molecular weight excluding hydrogens is 348 g/mol. The highest BCUT2D eigenvalue weighted by Crippen LogP contribution is 2.36. The molecule has 0 unspecified atom stereocenters. The molecule has 0 fully saturated rings. The number of fused-ring (bicyclic) bond motifs is 1. The van der Waals surface area contributed by atoms with Crippen molar-refractivity contribution >= 4 is 35.0 Å². The Bertz CT molecular complexity index is 793. The quantitative estimate of drug-likeness (QED) is 0.790. The van der Waals surface area contributed by atoms with Crippen LogP contribution in [0.15, 0.2) is 54.6 Å². The van der Waals surface area contributed by atoms with Gasteiger partial charge < -0.3 is 10.1 Å². The zero-order chi connectivity index (χ0) is 18.6. The average Bonchev–Trinajstić information content (AvgIpc) is 2.63. The van der Waals surface area contributed by atoms with Crippen LogP contribution in [-0.2, 0) is 9.59 Å². The van der Waals surface area contributed by atoms with E-state index in [2.05, 4.69) is 5.32 Å². The van der Waals surface area contributed by atoms with Crippen molar-refractivity contribution in [3.05, 3.63) is 54.6 Å². The molecule has 0 aromatic heterocycles. The summed E-state index contributed by atoms with van der Waals surface area (Å²) in [5, 5.41) is 2.87. The van der Waals surface area contributed by atoms with Crippen LogP contribution < -0.4 is 15.0 Å². The molecule has 1 N–H and O–H groups in total. The van der Waals surface area contributed by atoms with Crippen molar-refractivity contribution in [3.8, 4) is 5.75 Å². The maximum atomic E-state index is 12.8. The number of ether oxygens (including phenoxy) is 1. The molecule has 1 heterocycles. The van der Waals surface area contributed by atoms with Gasteiger partial charge in [-0.15, -0.1) is 11.8 Å².